The number of hydrogen-bond acceptors (Lipinski definition) is 5. The highest BCUT2D eigenvalue weighted by atomic mass is 32.2. The summed E-state index contributed by atoms with van der Waals surface area (Å²) in [7, 11) is -3.40. The molecule has 1 amide bonds. The summed E-state index contributed by atoms with van der Waals surface area (Å²) in [5.74, 6) is -1.08. The van der Waals surface area contributed by atoms with Gasteiger partial charge in [0.2, 0.25) is 15.9 Å². The Morgan fingerprint density at radius 1 is 1.42 bits per heavy atom. The molecule has 0 bridgehead atoms. The second-order valence-electron chi connectivity index (χ2n) is 6.17. The molecule has 134 valence electrons. The van der Waals surface area contributed by atoms with Crippen LogP contribution in [0.4, 0.5) is 0 Å². The fourth-order valence-electron chi connectivity index (χ4n) is 2.86. The molecule has 0 saturated carbocycles. The molecule has 2 heterocycles. The number of amides is 1. The molecule has 1 aromatic rings. The Kier molecular flexibility index (Phi) is 5.34. The predicted molar refractivity (Wildman–Crippen MR) is 86.0 cm³/mol. The number of furan rings is 1. The summed E-state index contributed by atoms with van der Waals surface area (Å²) in [4.78, 5) is 23.5. The third kappa shape index (κ3) is 3.78. The lowest BCUT2D eigenvalue weighted by Gasteiger charge is -2.28. The minimum atomic E-state index is -3.40. The maximum absolute atomic E-state index is 12.5. The molecular formula is C15H22N2O6S. The van der Waals surface area contributed by atoms with Gasteiger partial charge in [-0.05, 0) is 25.3 Å². The Morgan fingerprint density at radius 3 is 2.54 bits per heavy atom. The van der Waals surface area contributed by atoms with Gasteiger partial charge >= 0.3 is 5.97 Å². The van der Waals surface area contributed by atoms with E-state index in [1.165, 1.54) is 17.3 Å². The maximum atomic E-state index is 12.5. The molecule has 8 nitrogen and oxygen atoms in total. The third-order valence-corrected chi connectivity index (χ3v) is 5.91. The number of hydrogen-bond donors (Lipinski definition) is 2. The van der Waals surface area contributed by atoms with E-state index in [1.54, 1.807) is 13.8 Å². The highest BCUT2D eigenvalue weighted by Crippen LogP contribution is 2.22. The van der Waals surface area contributed by atoms with E-state index in [2.05, 4.69) is 5.32 Å². The van der Waals surface area contributed by atoms with E-state index in [0.29, 0.717) is 18.7 Å². The number of carbonyl (C=O) groups is 2. The minimum absolute atomic E-state index is 0.00403. The van der Waals surface area contributed by atoms with Crippen molar-refractivity contribution in [1.82, 2.24) is 9.62 Å². The number of aryl methyl sites for hydroxylation is 1. The van der Waals surface area contributed by atoms with Crippen molar-refractivity contribution >= 4 is 21.9 Å². The van der Waals surface area contributed by atoms with Gasteiger partial charge < -0.3 is 14.8 Å². The first-order valence-corrected chi connectivity index (χ1v) is 9.34. The summed E-state index contributed by atoms with van der Waals surface area (Å²) < 4.78 is 30.7. The van der Waals surface area contributed by atoms with Gasteiger partial charge in [-0.1, -0.05) is 13.8 Å². The van der Waals surface area contributed by atoms with Crippen LogP contribution in [0, 0.1) is 12.8 Å². The highest BCUT2D eigenvalue weighted by Gasteiger charge is 2.39. The SMILES string of the molecule is Cc1oc(CNC(=O)C(C(C)C)N2CCCS2(=O)=O)cc1C(=O)O. The van der Waals surface area contributed by atoms with Gasteiger partial charge in [0.1, 0.15) is 23.1 Å². The van der Waals surface area contributed by atoms with Crippen molar-refractivity contribution in [2.24, 2.45) is 5.92 Å². The normalized spacial score (nSPS) is 18.7. The zero-order valence-corrected chi connectivity index (χ0v) is 14.7. The standard InChI is InChI=1S/C15H22N2O6S/c1-9(2)13(17-5-4-6-24(17,21)22)14(18)16-8-11-7-12(15(19)20)10(3)23-11/h7,9,13H,4-6,8H2,1-3H3,(H,16,18)(H,19,20). The average molecular weight is 358 g/mol. The van der Waals surface area contributed by atoms with Crippen molar-refractivity contribution in [2.45, 2.75) is 39.8 Å². The van der Waals surface area contributed by atoms with Crippen LogP contribution in [0.2, 0.25) is 0 Å². The van der Waals surface area contributed by atoms with E-state index >= 15 is 0 Å². The second-order valence-corrected chi connectivity index (χ2v) is 8.22. The largest absolute Gasteiger partial charge is 0.478 e. The number of carbonyl (C=O) groups excluding carboxylic acids is 1. The molecule has 1 aromatic heterocycles. The molecule has 2 rings (SSSR count). The molecule has 0 aliphatic carbocycles. The van der Waals surface area contributed by atoms with Gasteiger partial charge in [-0.2, -0.15) is 4.31 Å². The number of aromatic carboxylic acids is 1. The molecule has 2 N–H and O–H groups in total. The number of rotatable bonds is 6. The van der Waals surface area contributed by atoms with Crippen LogP contribution in [0.1, 0.15) is 42.1 Å². The van der Waals surface area contributed by atoms with Crippen LogP contribution in [-0.2, 0) is 21.4 Å². The van der Waals surface area contributed by atoms with Crippen molar-refractivity contribution < 1.29 is 27.5 Å². The van der Waals surface area contributed by atoms with Gasteiger partial charge in [0.05, 0.1) is 12.3 Å². The summed E-state index contributed by atoms with van der Waals surface area (Å²) in [6, 6.07) is 0.571. The van der Waals surface area contributed by atoms with Crippen molar-refractivity contribution in [3.05, 3.63) is 23.2 Å². The number of sulfonamides is 1. The molecular weight excluding hydrogens is 336 g/mol. The molecule has 1 unspecified atom stereocenters. The molecule has 1 aliphatic heterocycles. The van der Waals surface area contributed by atoms with Crippen LogP contribution in [0.25, 0.3) is 0 Å². The fraction of sp³-hybridized carbons (Fsp3) is 0.600. The van der Waals surface area contributed by atoms with Crippen molar-refractivity contribution in [2.75, 3.05) is 12.3 Å². The van der Waals surface area contributed by atoms with Crippen molar-refractivity contribution in [1.29, 1.82) is 0 Å². The Morgan fingerprint density at radius 2 is 2.08 bits per heavy atom. The van der Waals surface area contributed by atoms with Crippen molar-refractivity contribution in [3.8, 4) is 0 Å². The average Bonchev–Trinajstić information content (AvgIpc) is 3.00. The van der Waals surface area contributed by atoms with Crippen LogP contribution in [-0.4, -0.2) is 48.0 Å². The van der Waals surface area contributed by atoms with Crippen LogP contribution >= 0.6 is 0 Å². The number of carboxylic acid groups (broad SMARTS) is 1. The zero-order valence-electron chi connectivity index (χ0n) is 13.9. The van der Waals surface area contributed by atoms with Crippen LogP contribution in [0.15, 0.2) is 10.5 Å². The number of carboxylic acids is 1. The van der Waals surface area contributed by atoms with Gasteiger partial charge in [0.25, 0.3) is 0 Å². The predicted octanol–water partition coefficient (Wildman–Crippen LogP) is 0.963. The zero-order chi connectivity index (χ0) is 18.1. The minimum Gasteiger partial charge on any atom is -0.478 e. The molecule has 1 saturated heterocycles. The van der Waals surface area contributed by atoms with Crippen LogP contribution < -0.4 is 5.32 Å². The summed E-state index contributed by atoms with van der Waals surface area (Å²) in [6.07, 6.45) is 0.512. The Balaban J connectivity index is 2.09. The van der Waals surface area contributed by atoms with Gasteiger partial charge in [0, 0.05) is 6.54 Å². The molecule has 9 heteroatoms. The van der Waals surface area contributed by atoms with Gasteiger partial charge in [-0.15, -0.1) is 0 Å². The summed E-state index contributed by atoms with van der Waals surface area (Å²) >= 11 is 0. The first-order chi connectivity index (χ1) is 11.1. The van der Waals surface area contributed by atoms with E-state index in [9.17, 15) is 18.0 Å². The Bertz CT molecular complexity index is 737. The highest BCUT2D eigenvalue weighted by molar-refractivity contribution is 7.89. The first kappa shape index (κ1) is 18.5. The summed E-state index contributed by atoms with van der Waals surface area (Å²) in [6.45, 7) is 5.45. The number of nitrogens with zero attached hydrogens (tertiary/aromatic N) is 1. The summed E-state index contributed by atoms with van der Waals surface area (Å²) in [5, 5.41) is 11.6. The van der Waals surface area contributed by atoms with E-state index in [-0.39, 0.29) is 29.5 Å². The lowest BCUT2D eigenvalue weighted by atomic mass is 10.0. The Labute approximate surface area is 140 Å². The molecule has 0 spiro atoms. The second kappa shape index (κ2) is 6.94. The summed E-state index contributed by atoms with van der Waals surface area (Å²) in [5.41, 5.74) is 0.0433. The van der Waals surface area contributed by atoms with E-state index < -0.39 is 27.9 Å². The van der Waals surface area contributed by atoms with E-state index in [4.69, 9.17) is 9.52 Å². The molecule has 0 aromatic carbocycles. The Hall–Kier alpha value is -1.87. The molecule has 1 aliphatic rings. The lowest BCUT2D eigenvalue weighted by Crippen LogP contribution is -2.50. The smallest absolute Gasteiger partial charge is 0.339 e. The quantitative estimate of drug-likeness (QED) is 0.782. The monoisotopic (exact) mass is 358 g/mol. The van der Waals surface area contributed by atoms with Crippen LogP contribution in [0.5, 0.6) is 0 Å². The van der Waals surface area contributed by atoms with E-state index in [1.807, 2.05) is 0 Å². The van der Waals surface area contributed by atoms with Gasteiger partial charge in [-0.3, -0.25) is 4.79 Å². The molecule has 0 radical (unpaired) electrons. The lowest BCUT2D eigenvalue weighted by molar-refractivity contribution is -0.126. The fourth-order valence-corrected chi connectivity index (χ4v) is 4.68. The van der Waals surface area contributed by atoms with E-state index in [0.717, 1.165) is 0 Å². The topological polar surface area (TPSA) is 117 Å². The van der Waals surface area contributed by atoms with Crippen LogP contribution in [0.3, 0.4) is 0 Å². The maximum Gasteiger partial charge on any atom is 0.339 e. The molecule has 1 atom stereocenters. The molecule has 24 heavy (non-hydrogen) atoms. The third-order valence-electron chi connectivity index (χ3n) is 3.98. The first-order valence-electron chi connectivity index (χ1n) is 7.73. The number of nitrogens with one attached hydrogen (secondary N) is 1. The van der Waals surface area contributed by atoms with Crippen molar-refractivity contribution in [3.63, 3.8) is 0 Å². The van der Waals surface area contributed by atoms with Gasteiger partial charge in [-0.25, -0.2) is 13.2 Å². The molecule has 1 fully saturated rings. The van der Waals surface area contributed by atoms with Gasteiger partial charge in [0.15, 0.2) is 0 Å².